The topological polar surface area (TPSA) is 218 Å². The number of H-pyrrole nitrogens is 2. The van der Waals surface area contributed by atoms with Crippen molar-refractivity contribution in [2.75, 3.05) is 27.2 Å². The molecule has 6 N–H and O–H groups in total. The summed E-state index contributed by atoms with van der Waals surface area (Å²) >= 11 is 0. The average molecular weight is 850 g/mol. The second kappa shape index (κ2) is 18.5. The number of carbonyl (C=O) groups is 5. The van der Waals surface area contributed by atoms with E-state index in [9.17, 15) is 24.0 Å². The zero-order valence-corrected chi connectivity index (χ0v) is 34.7. The summed E-state index contributed by atoms with van der Waals surface area (Å²) in [5.74, 6) is -0.249. The number of rotatable bonds is 12. The van der Waals surface area contributed by atoms with Crippen molar-refractivity contribution in [1.82, 2.24) is 40.4 Å². The Morgan fingerprint density at radius 1 is 0.698 bits per heavy atom. The summed E-state index contributed by atoms with van der Waals surface area (Å²) in [7, 11) is 2.70. The van der Waals surface area contributed by atoms with Gasteiger partial charge in [-0.3, -0.25) is 14.4 Å². The van der Waals surface area contributed by atoms with Crippen LogP contribution >= 0.6 is 0 Å². The van der Waals surface area contributed by atoms with E-state index in [-0.39, 0.29) is 17.6 Å². The molecule has 0 bridgehead atoms. The minimum atomic E-state index is -1.17. The number of hydrogen-bond acceptors (Lipinski definition) is 9. The van der Waals surface area contributed by atoms with Gasteiger partial charge in [0.05, 0.1) is 31.1 Å². The molecule has 2 aliphatic rings. The van der Waals surface area contributed by atoms with Crippen molar-refractivity contribution in [3.63, 3.8) is 0 Å². The molecule has 16 nitrogen and oxygen atoms in total. The highest BCUT2D eigenvalue weighted by Crippen LogP contribution is 2.37. The number of carbonyl (C=O) groups excluding carboxylic acids is 5. The fraction of sp³-hybridized carbons (Fsp3) is 0.255. The van der Waals surface area contributed by atoms with Gasteiger partial charge in [-0.2, -0.15) is 0 Å². The maximum absolute atomic E-state index is 14.0. The Morgan fingerprint density at radius 3 is 1.84 bits per heavy atom. The van der Waals surface area contributed by atoms with Crippen molar-refractivity contribution < 1.29 is 33.4 Å². The normalized spacial score (nSPS) is 16.9. The van der Waals surface area contributed by atoms with Gasteiger partial charge in [-0.1, -0.05) is 109 Å². The number of imidazole rings is 2. The van der Waals surface area contributed by atoms with Crippen LogP contribution in [0, 0.1) is 0 Å². The van der Waals surface area contributed by atoms with Crippen LogP contribution < -0.4 is 16.4 Å². The molecule has 4 aromatic carbocycles. The molecule has 0 spiro atoms. The number of hydrogen-bond donors (Lipinski definition) is 5. The lowest BCUT2D eigenvalue weighted by atomic mass is 10.0. The second-order valence-electron chi connectivity index (χ2n) is 15.4. The molecule has 2 saturated heterocycles. The highest BCUT2D eigenvalue weighted by atomic mass is 16.6. The number of nitrogens with one attached hydrogen (secondary N) is 4. The number of aromatic nitrogens is 4. The van der Waals surface area contributed by atoms with E-state index in [1.165, 1.54) is 14.2 Å². The van der Waals surface area contributed by atoms with Gasteiger partial charge in [0.2, 0.25) is 6.10 Å². The van der Waals surface area contributed by atoms with Crippen molar-refractivity contribution in [3.05, 3.63) is 144 Å². The van der Waals surface area contributed by atoms with Crippen LogP contribution in [0.3, 0.4) is 0 Å². The van der Waals surface area contributed by atoms with E-state index in [4.69, 9.17) is 20.2 Å². The first-order valence-corrected chi connectivity index (χ1v) is 20.7. The standard InChI is InChI=1S/C47H47N9O7/c1-49-46(60)63-40(33-13-7-4-8-14-33)45(59)56-26-10-16-36(56)43-52-37(39(53-43)41(48)57)32-23-19-29(20-24-32)28-17-21-30(22-18-28)34-27-50-42(51-34)35-15-9-25-55(35)44(58)38(54-47(61)62-2)31-11-5-3-6-12-31/h3-8,11-14,17-24,27,35-36,38,40H,9-10,15-16,25-26H2,1-2H3,(H2,48,57)(H,49,60)(H,50,51)(H,52,53)(H,54,61)/t35-,36-,38+,40+/m0/s1. The Kier molecular flexibility index (Phi) is 12.3. The molecule has 16 heteroatoms. The molecule has 5 amide bonds. The van der Waals surface area contributed by atoms with Gasteiger partial charge >= 0.3 is 12.2 Å². The van der Waals surface area contributed by atoms with Crippen LogP contribution in [0.4, 0.5) is 9.59 Å². The van der Waals surface area contributed by atoms with E-state index in [0.29, 0.717) is 60.0 Å². The predicted molar refractivity (Wildman–Crippen MR) is 232 cm³/mol. The molecule has 4 heterocycles. The Balaban J connectivity index is 0.970. The molecule has 0 aliphatic carbocycles. The van der Waals surface area contributed by atoms with E-state index in [0.717, 1.165) is 35.2 Å². The second-order valence-corrected chi connectivity index (χ2v) is 15.4. The molecule has 63 heavy (non-hydrogen) atoms. The van der Waals surface area contributed by atoms with Crippen molar-refractivity contribution in [3.8, 4) is 33.6 Å². The average Bonchev–Trinajstić information content (AvgIpc) is 4.17. The number of alkyl carbamates (subject to hydrolysis) is 2. The van der Waals surface area contributed by atoms with E-state index >= 15 is 0 Å². The number of aromatic amines is 2. The summed E-state index contributed by atoms with van der Waals surface area (Å²) in [6.07, 6.45) is 1.94. The Labute approximate surface area is 363 Å². The van der Waals surface area contributed by atoms with Crippen LogP contribution in [0.2, 0.25) is 0 Å². The van der Waals surface area contributed by atoms with E-state index in [2.05, 4.69) is 25.6 Å². The number of primary amides is 1. The Bertz CT molecular complexity index is 2600. The number of methoxy groups -OCH3 is 1. The minimum Gasteiger partial charge on any atom is -0.453 e. The summed E-state index contributed by atoms with van der Waals surface area (Å²) in [5, 5.41) is 5.11. The predicted octanol–water partition coefficient (Wildman–Crippen LogP) is 6.75. The summed E-state index contributed by atoms with van der Waals surface area (Å²) in [6, 6.07) is 31.8. The quantitative estimate of drug-likeness (QED) is 0.0878. The van der Waals surface area contributed by atoms with Crippen LogP contribution in [0.5, 0.6) is 0 Å². The minimum absolute atomic E-state index is 0.125. The van der Waals surface area contributed by atoms with Crippen LogP contribution in [-0.2, 0) is 19.1 Å². The Morgan fingerprint density at radius 2 is 1.25 bits per heavy atom. The molecule has 6 aromatic rings. The first kappa shape index (κ1) is 42.0. The molecule has 0 radical (unpaired) electrons. The van der Waals surface area contributed by atoms with Crippen LogP contribution in [-0.4, -0.2) is 86.9 Å². The molecule has 0 unspecified atom stereocenters. The molecule has 4 atom stereocenters. The van der Waals surface area contributed by atoms with Crippen LogP contribution in [0.15, 0.2) is 115 Å². The lowest BCUT2D eigenvalue weighted by Crippen LogP contribution is -2.42. The molecular formula is C47H47N9O7. The molecule has 322 valence electrons. The lowest BCUT2D eigenvalue weighted by Gasteiger charge is -2.28. The fourth-order valence-corrected chi connectivity index (χ4v) is 8.36. The summed E-state index contributed by atoms with van der Waals surface area (Å²) < 4.78 is 10.4. The fourth-order valence-electron chi connectivity index (χ4n) is 8.36. The van der Waals surface area contributed by atoms with E-state index in [1.54, 1.807) is 52.4 Å². The van der Waals surface area contributed by atoms with Gasteiger partial charge in [0.1, 0.15) is 29.1 Å². The van der Waals surface area contributed by atoms with Gasteiger partial charge in [0, 0.05) is 31.3 Å². The Hall–Kier alpha value is -7.75. The van der Waals surface area contributed by atoms with Gasteiger partial charge in [-0.15, -0.1) is 0 Å². The largest absolute Gasteiger partial charge is 0.453 e. The smallest absolute Gasteiger partial charge is 0.408 e. The van der Waals surface area contributed by atoms with Gasteiger partial charge in [0.25, 0.3) is 17.7 Å². The first-order chi connectivity index (χ1) is 30.6. The summed E-state index contributed by atoms with van der Waals surface area (Å²) in [6.45, 7) is 0.936. The molecule has 2 aromatic heterocycles. The number of nitrogens with zero attached hydrogens (tertiary/aromatic N) is 4. The third kappa shape index (κ3) is 8.87. The molecule has 2 aliphatic heterocycles. The van der Waals surface area contributed by atoms with E-state index < -0.39 is 42.2 Å². The number of nitrogens with two attached hydrogens (primary N) is 1. The molecular weight excluding hydrogens is 803 g/mol. The van der Waals surface area contributed by atoms with Gasteiger partial charge in [-0.25, -0.2) is 19.6 Å². The van der Waals surface area contributed by atoms with Gasteiger partial charge in [-0.05, 0) is 47.9 Å². The number of ether oxygens (including phenoxy) is 2. The highest BCUT2D eigenvalue weighted by Gasteiger charge is 2.39. The maximum Gasteiger partial charge on any atom is 0.408 e. The molecule has 0 saturated carbocycles. The number of likely N-dealkylation sites (tertiary alicyclic amines) is 2. The SMILES string of the molecule is CNC(=O)O[C@@H](C(=O)N1CCC[C@H]1c1nc(-c2ccc(-c3ccc(-c4cnc([C@@H]5CCCN5C(=O)[C@H](NC(=O)OC)c5ccccc5)[nH]4)cc3)cc2)c(C(N)=O)[nH]1)c1ccccc1. The van der Waals surface area contributed by atoms with Crippen molar-refractivity contribution in [1.29, 1.82) is 0 Å². The van der Waals surface area contributed by atoms with Crippen LogP contribution in [0.25, 0.3) is 33.6 Å². The van der Waals surface area contributed by atoms with E-state index in [1.807, 2.05) is 72.8 Å². The number of amides is 5. The molecule has 8 rings (SSSR count). The third-order valence-electron chi connectivity index (χ3n) is 11.5. The van der Waals surface area contributed by atoms with Crippen LogP contribution in [0.1, 0.15) is 83.2 Å². The maximum atomic E-state index is 14.0. The zero-order chi connectivity index (χ0) is 44.0. The third-order valence-corrected chi connectivity index (χ3v) is 11.5. The first-order valence-electron chi connectivity index (χ1n) is 20.7. The monoisotopic (exact) mass is 849 g/mol. The number of benzene rings is 4. The molecule has 2 fully saturated rings. The zero-order valence-electron chi connectivity index (χ0n) is 34.7. The van der Waals surface area contributed by atoms with Crippen molar-refractivity contribution in [2.45, 2.75) is 49.9 Å². The summed E-state index contributed by atoms with van der Waals surface area (Å²) in [5.41, 5.74) is 11.8. The lowest BCUT2D eigenvalue weighted by molar-refractivity contribution is -0.142. The van der Waals surface area contributed by atoms with Gasteiger partial charge < -0.3 is 45.6 Å². The highest BCUT2D eigenvalue weighted by molar-refractivity contribution is 5.97. The summed E-state index contributed by atoms with van der Waals surface area (Å²) in [4.78, 5) is 84.6. The van der Waals surface area contributed by atoms with Gasteiger partial charge in [0.15, 0.2) is 0 Å². The van der Waals surface area contributed by atoms with Crippen molar-refractivity contribution >= 4 is 29.9 Å². The van der Waals surface area contributed by atoms with Crippen molar-refractivity contribution in [2.24, 2.45) is 5.73 Å².